The number of piperazine rings is 1. The zero-order valence-corrected chi connectivity index (χ0v) is 15.0. The lowest BCUT2D eigenvalue weighted by molar-refractivity contribution is 0.148. The zero-order valence-electron chi connectivity index (χ0n) is 15.0. The molecule has 3 aromatic rings. The molecule has 136 valence electrons. The number of halogens is 1. The predicted octanol–water partition coefficient (Wildman–Crippen LogP) is 3.06. The van der Waals surface area contributed by atoms with Gasteiger partial charge in [0.1, 0.15) is 11.5 Å². The van der Waals surface area contributed by atoms with Crippen LogP contribution in [0, 0.1) is 5.82 Å². The van der Waals surface area contributed by atoms with Crippen LogP contribution in [0.4, 0.5) is 10.1 Å². The Morgan fingerprint density at radius 3 is 2.81 bits per heavy atom. The monoisotopic (exact) mass is 353 g/mol. The maximum atomic E-state index is 14.5. The van der Waals surface area contributed by atoms with E-state index >= 15 is 0 Å². The largest absolute Gasteiger partial charge is 0.379 e. The van der Waals surface area contributed by atoms with Gasteiger partial charge >= 0.3 is 0 Å². The number of fused-ring (bicyclic) bond motifs is 1. The van der Waals surface area contributed by atoms with Gasteiger partial charge in [-0.1, -0.05) is 6.07 Å². The highest BCUT2D eigenvalue weighted by atomic mass is 19.1. The van der Waals surface area contributed by atoms with Crippen LogP contribution in [-0.4, -0.2) is 53.0 Å². The molecule has 26 heavy (non-hydrogen) atoms. The molecule has 0 spiro atoms. The second-order valence-corrected chi connectivity index (χ2v) is 6.96. The van der Waals surface area contributed by atoms with Gasteiger partial charge in [0.15, 0.2) is 0 Å². The van der Waals surface area contributed by atoms with Crippen LogP contribution in [0.1, 0.15) is 11.1 Å². The summed E-state index contributed by atoms with van der Waals surface area (Å²) in [6.45, 7) is 5.58. The van der Waals surface area contributed by atoms with Crippen molar-refractivity contribution in [2.75, 3.05) is 38.5 Å². The number of aromatic amines is 1. The summed E-state index contributed by atoms with van der Waals surface area (Å²) in [4.78, 5) is 12.1. The van der Waals surface area contributed by atoms with E-state index in [1.165, 1.54) is 0 Å². The highest BCUT2D eigenvalue weighted by molar-refractivity contribution is 5.79. The Morgan fingerprint density at radius 1 is 1.15 bits per heavy atom. The van der Waals surface area contributed by atoms with E-state index in [-0.39, 0.29) is 5.82 Å². The van der Waals surface area contributed by atoms with E-state index in [0.717, 1.165) is 54.9 Å². The smallest absolute Gasteiger partial charge is 0.146 e. The molecule has 1 fully saturated rings. The lowest BCUT2D eigenvalue weighted by atomic mass is 10.1. The SMILES string of the molecule is CN1CCN(Cc2ccc(NCc3ccnc4[nH]ccc34)c(F)c2)CC1. The third-order valence-electron chi connectivity index (χ3n) is 5.06. The summed E-state index contributed by atoms with van der Waals surface area (Å²) < 4.78 is 14.5. The van der Waals surface area contributed by atoms with Crippen LogP contribution >= 0.6 is 0 Å². The number of benzene rings is 1. The molecule has 6 heteroatoms. The molecule has 0 unspecified atom stereocenters. The molecule has 2 aromatic heterocycles. The fourth-order valence-electron chi connectivity index (χ4n) is 3.43. The Balaban J connectivity index is 1.41. The van der Waals surface area contributed by atoms with Crippen LogP contribution in [-0.2, 0) is 13.1 Å². The van der Waals surface area contributed by atoms with Gasteiger partial charge < -0.3 is 15.2 Å². The molecule has 0 amide bonds. The van der Waals surface area contributed by atoms with Crippen molar-refractivity contribution in [2.24, 2.45) is 0 Å². The maximum absolute atomic E-state index is 14.5. The summed E-state index contributed by atoms with van der Waals surface area (Å²) in [6, 6.07) is 9.47. The minimum atomic E-state index is -0.198. The van der Waals surface area contributed by atoms with Crippen molar-refractivity contribution in [3.63, 3.8) is 0 Å². The van der Waals surface area contributed by atoms with E-state index < -0.39 is 0 Å². The van der Waals surface area contributed by atoms with E-state index in [1.54, 1.807) is 12.3 Å². The lowest BCUT2D eigenvalue weighted by Gasteiger charge is -2.32. The number of hydrogen-bond donors (Lipinski definition) is 2. The number of rotatable bonds is 5. The number of pyridine rings is 1. The Labute approximate surface area is 152 Å². The van der Waals surface area contributed by atoms with Gasteiger partial charge in [-0.2, -0.15) is 0 Å². The second kappa shape index (κ2) is 7.43. The summed E-state index contributed by atoms with van der Waals surface area (Å²) in [5.41, 5.74) is 3.51. The molecule has 0 aliphatic carbocycles. The van der Waals surface area contributed by atoms with Crippen molar-refractivity contribution in [3.8, 4) is 0 Å². The van der Waals surface area contributed by atoms with Crippen LogP contribution in [0.5, 0.6) is 0 Å². The Bertz CT molecular complexity index is 883. The summed E-state index contributed by atoms with van der Waals surface area (Å²) in [5.74, 6) is -0.198. The van der Waals surface area contributed by atoms with Gasteiger partial charge in [-0.05, 0) is 42.4 Å². The zero-order chi connectivity index (χ0) is 17.9. The molecule has 1 saturated heterocycles. The molecular formula is C20H24FN5. The molecule has 0 radical (unpaired) electrons. The molecule has 1 aliphatic rings. The minimum Gasteiger partial charge on any atom is -0.379 e. The molecule has 5 nitrogen and oxygen atoms in total. The van der Waals surface area contributed by atoms with Crippen LogP contribution in [0.2, 0.25) is 0 Å². The standard InChI is InChI=1S/C20H24FN5/c1-25-8-10-26(11-9-25)14-15-2-3-19(18(21)12-15)24-13-16-4-6-22-20-17(16)5-7-23-20/h2-7,12,24H,8-11,13-14H2,1H3,(H,22,23). The highest BCUT2D eigenvalue weighted by Gasteiger charge is 2.14. The molecule has 2 N–H and O–H groups in total. The van der Waals surface area contributed by atoms with Gasteiger partial charge in [0.05, 0.1) is 5.69 Å². The average molecular weight is 353 g/mol. The molecule has 0 atom stereocenters. The molecule has 1 aliphatic heterocycles. The van der Waals surface area contributed by atoms with Crippen LogP contribution < -0.4 is 5.32 Å². The number of nitrogens with zero attached hydrogens (tertiary/aromatic N) is 3. The highest BCUT2D eigenvalue weighted by Crippen LogP contribution is 2.20. The first kappa shape index (κ1) is 17.0. The van der Waals surface area contributed by atoms with Gasteiger partial charge in [-0.15, -0.1) is 0 Å². The van der Waals surface area contributed by atoms with Crippen LogP contribution in [0.25, 0.3) is 11.0 Å². The van der Waals surface area contributed by atoms with Gasteiger partial charge in [-0.25, -0.2) is 9.37 Å². The number of H-pyrrole nitrogens is 1. The van der Waals surface area contributed by atoms with E-state index in [0.29, 0.717) is 12.2 Å². The first-order chi connectivity index (χ1) is 12.7. The molecule has 0 bridgehead atoms. The van der Waals surface area contributed by atoms with E-state index in [4.69, 9.17) is 0 Å². The molecular weight excluding hydrogens is 329 g/mol. The van der Waals surface area contributed by atoms with Crippen molar-refractivity contribution in [1.82, 2.24) is 19.8 Å². The van der Waals surface area contributed by atoms with Crippen molar-refractivity contribution < 1.29 is 4.39 Å². The Kier molecular flexibility index (Phi) is 4.86. The third kappa shape index (κ3) is 3.71. The first-order valence-corrected chi connectivity index (χ1v) is 9.03. The number of likely N-dealkylation sites (N-methyl/N-ethyl adjacent to an activating group) is 1. The average Bonchev–Trinajstić information content (AvgIpc) is 3.12. The van der Waals surface area contributed by atoms with Crippen molar-refractivity contribution in [1.29, 1.82) is 0 Å². The normalized spacial score (nSPS) is 16.2. The minimum absolute atomic E-state index is 0.198. The lowest BCUT2D eigenvalue weighted by Crippen LogP contribution is -2.43. The van der Waals surface area contributed by atoms with Crippen LogP contribution in [0.15, 0.2) is 42.7 Å². The first-order valence-electron chi connectivity index (χ1n) is 9.03. The Morgan fingerprint density at radius 2 is 2.00 bits per heavy atom. The maximum Gasteiger partial charge on any atom is 0.146 e. The number of nitrogens with one attached hydrogen (secondary N) is 2. The second-order valence-electron chi connectivity index (χ2n) is 6.96. The van der Waals surface area contributed by atoms with Crippen molar-refractivity contribution in [3.05, 3.63) is 59.7 Å². The topological polar surface area (TPSA) is 47.2 Å². The fraction of sp³-hybridized carbons (Fsp3) is 0.350. The molecule has 3 heterocycles. The van der Waals surface area contributed by atoms with Gasteiger partial charge in [0, 0.05) is 57.0 Å². The molecule has 0 saturated carbocycles. The number of anilines is 1. The van der Waals surface area contributed by atoms with E-state index in [9.17, 15) is 4.39 Å². The third-order valence-corrected chi connectivity index (χ3v) is 5.06. The van der Waals surface area contributed by atoms with E-state index in [1.807, 2.05) is 30.5 Å². The van der Waals surface area contributed by atoms with Crippen molar-refractivity contribution in [2.45, 2.75) is 13.1 Å². The summed E-state index contributed by atoms with van der Waals surface area (Å²) >= 11 is 0. The van der Waals surface area contributed by atoms with Crippen LogP contribution in [0.3, 0.4) is 0 Å². The summed E-state index contributed by atoms with van der Waals surface area (Å²) in [5, 5.41) is 4.27. The molecule has 1 aromatic carbocycles. The van der Waals surface area contributed by atoms with E-state index in [2.05, 4.69) is 32.1 Å². The van der Waals surface area contributed by atoms with Gasteiger partial charge in [-0.3, -0.25) is 4.90 Å². The fourth-order valence-corrected chi connectivity index (χ4v) is 3.43. The van der Waals surface area contributed by atoms with Gasteiger partial charge in [0.2, 0.25) is 0 Å². The number of hydrogen-bond acceptors (Lipinski definition) is 4. The summed E-state index contributed by atoms with van der Waals surface area (Å²) in [6.07, 6.45) is 3.64. The predicted molar refractivity (Wildman–Crippen MR) is 103 cm³/mol. The quantitative estimate of drug-likeness (QED) is 0.740. The molecule has 4 rings (SSSR count). The van der Waals surface area contributed by atoms with Crippen molar-refractivity contribution >= 4 is 16.7 Å². The number of aromatic nitrogens is 2. The summed E-state index contributed by atoms with van der Waals surface area (Å²) in [7, 11) is 2.14. The Hall–Kier alpha value is -2.44. The van der Waals surface area contributed by atoms with Gasteiger partial charge in [0.25, 0.3) is 0 Å².